The van der Waals surface area contributed by atoms with E-state index in [2.05, 4.69) is 65.8 Å². The topological polar surface area (TPSA) is 18.5 Å². The minimum absolute atomic E-state index is 0.169. The lowest BCUT2D eigenvalue weighted by molar-refractivity contribution is -0.146. The second-order valence-corrected chi connectivity index (χ2v) is 12.5. The summed E-state index contributed by atoms with van der Waals surface area (Å²) in [7, 11) is 0. The van der Waals surface area contributed by atoms with E-state index in [4.69, 9.17) is 9.47 Å². The first-order valence-corrected chi connectivity index (χ1v) is 13.6. The Morgan fingerprint density at radius 1 is 0.781 bits per heavy atom. The van der Waals surface area contributed by atoms with Gasteiger partial charge < -0.3 is 9.47 Å². The van der Waals surface area contributed by atoms with Gasteiger partial charge in [-0.3, -0.25) is 0 Å². The summed E-state index contributed by atoms with van der Waals surface area (Å²) in [5, 5.41) is 0. The molecule has 3 rings (SSSR count). The van der Waals surface area contributed by atoms with Crippen LogP contribution in [-0.4, -0.2) is 12.4 Å². The molecule has 0 bridgehead atoms. The third kappa shape index (κ3) is 7.51. The number of benzene rings is 1. The van der Waals surface area contributed by atoms with Gasteiger partial charge in [0.15, 0.2) is 0 Å². The van der Waals surface area contributed by atoms with E-state index in [9.17, 15) is 0 Å². The van der Waals surface area contributed by atoms with E-state index < -0.39 is 0 Å². The fourth-order valence-corrected chi connectivity index (χ4v) is 6.42. The summed E-state index contributed by atoms with van der Waals surface area (Å²) in [5.74, 6) is 2.58. The molecule has 32 heavy (non-hydrogen) atoms. The van der Waals surface area contributed by atoms with Crippen LogP contribution in [0.4, 0.5) is 0 Å². The van der Waals surface area contributed by atoms with Crippen LogP contribution in [0.15, 0.2) is 24.3 Å². The maximum atomic E-state index is 6.57. The van der Waals surface area contributed by atoms with Crippen molar-refractivity contribution < 1.29 is 9.47 Å². The maximum Gasteiger partial charge on any atom is 0.200 e. The second-order valence-electron chi connectivity index (χ2n) is 12.5. The fraction of sp³-hybridized carbons (Fsp3) is 0.800. The normalized spacial score (nSPS) is 20.5. The Bertz CT molecular complexity index is 639. The lowest BCUT2D eigenvalue weighted by atomic mass is 9.58. The van der Waals surface area contributed by atoms with Gasteiger partial charge in [-0.1, -0.05) is 78.4 Å². The van der Waals surface area contributed by atoms with Crippen molar-refractivity contribution in [2.45, 2.75) is 131 Å². The molecule has 0 heterocycles. The minimum Gasteiger partial charge on any atom is -0.465 e. The largest absolute Gasteiger partial charge is 0.465 e. The Kier molecular flexibility index (Phi) is 9.13. The van der Waals surface area contributed by atoms with Crippen molar-refractivity contribution in [1.82, 2.24) is 0 Å². The predicted octanol–water partition coefficient (Wildman–Crippen LogP) is 8.96. The van der Waals surface area contributed by atoms with Gasteiger partial charge in [-0.05, 0) is 86.3 Å². The molecule has 0 spiro atoms. The van der Waals surface area contributed by atoms with Crippen molar-refractivity contribution in [3.05, 3.63) is 29.8 Å². The zero-order valence-corrected chi connectivity index (χ0v) is 21.9. The van der Waals surface area contributed by atoms with E-state index >= 15 is 0 Å². The summed E-state index contributed by atoms with van der Waals surface area (Å²) in [6.07, 6.45) is 16.1. The lowest BCUT2D eigenvalue weighted by Crippen LogP contribution is -2.42. The van der Waals surface area contributed by atoms with Crippen molar-refractivity contribution in [2.24, 2.45) is 22.7 Å². The molecule has 1 unspecified atom stereocenters. The van der Waals surface area contributed by atoms with E-state index in [0.717, 1.165) is 30.4 Å². The van der Waals surface area contributed by atoms with E-state index in [1.807, 2.05) is 0 Å². The molecule has 0 amide bonds. The average molecular weight is 443 g/mol. The zero-order chi connectivity index (χ0) is 23.2. The summed E-state index contributed by atoms with van der Waals surface area (Å²) >= 11 is 0. The molecule has 0 N–H and O–H groups in total. The van der Waals surface area contributed by atoms with Crippen LogP contribution in [0.1, 0.15) is 118 Å². The molecule has 182 valence electrons. The highest BCUT2D eigenvalue weighted by atomic mass is 16.7. The number of hydrogen-bond acceptors (Lipinski definition) is 2. The average Bonchev–Trinajstić information content (AvgIpc) is 2.75. The molecule has 2 saturated carbocycles. The zero-order valence-electron chi connectivity index (χ0n) is 21.9. The van der Waals surface area contributed by atoms with E-state index in [0.29, 0.717) is 10.8 Å². The molecule has 2 heteroatoms. The van der Waals surface area contributed by atoms with Gasteiger partial charge in [-0.25, -0.2) is 0 Å². The molecule has 0 aliphatic heterocycles. The predicted molar refractivity (Wildman–Crippen MR) is 136 cm³/mol. The number of ether oxygens (including phenoxy) is 2. The van der Waals surface area contributed by atoms with Crippen LogP contribution in [0.3, 0.4) is 0 Å². The van der Waals surface area contributed by atoms with Gasteiger partial charge in [0.1, 0.15) is 5.75 Å². The number of hydrogen-bond donors (Lipinski definition) is 0. The van der Waals surface area contributed by atoms with Crippen LogP contribution >= 0.6 is 0 Å². The summed E-state index contributed by atoms with van der Waals surface area (Å²) in [4.78, 5) is 0. The van der Waals surface area contributed by atoms with Crippen molar-refractivity contribution in [1.29, 1.82) is 0 Å². The minimum atomic E-state index is -0.169. The molecule has 0 aromatic heterocycles. The van der Waals surface area contributed by atoms with Crippen molar-refractivity contribution in [3.8, 4) is 5.75 Å². The molecule has 1 aromatic rings. The molecular formula is C30H50O2. The Morgan fingerprint density at radius 3 is 1.72 bits per heavy atom. The van der Waals surface area contributed by atoms with E-state index in [-0.39, 0.29) is 12.4 Å². The van der Waals surface area contributed by atoms with Crippen LogP contribution in [-0.2, 0) is 11.2 Å². The highest BCUT2D eigenvalue weighted by molar-refractivity contribution is 5.28. The van der Waals surface area contributed by atoms with Crippen LogP contribution in [0.25, 0.3) is 0 Å². The Balaban J connectivity index is 1.76. The Morgan fingerprint density at radius 2 is 1.28 bits per heavy atom. The van der Waals surface area contributed by atoms with Crippen molar-refractivity contribution in [2.75, 3.05) is 0 Å². The molecule has 2 aliphatic rings. The number of rotatable bonds is 9. The first-order chi connectivity index (χ1) is 15.2. The maximum absolute atomic E-state index is 6.57. The summed E-state index contributed by atoms with van der Waals surface area (Å²) < 4.78 is 13.0. The molecule has 2 fully saturated rings. The molecule has 0 saturated heterocycles. The molecule has 1 aromatic carbocycles. The van der Waals surface area contributed by atoms with Gasteiger partial charge in [0.05, 0.1) is 6.10 Å². The lowest BCUT2D eigenvalue weighted by Gasteiger charge is -2.48. The summed E-state index contributed by atoms with van der Waals surface area (Å²) in [6, 6.07) is 8.76. The second kappa shape index (κ2) is 11.4. The van der Waals surface area contributed by atoms with E-state index in [1.54, 1.807) is 0 Å². The van der Waals surface area contributed by atoms with Gasteiger partial charge in [0.2, 0.25) is 6.29 Å². The van der Waals surface area contributed by atoms with Gasteiger partial charge in [0.25, 0.3) is 0 Å². The van der Waals surface area contributed by atoms with E-state index in [1.165, 1.54) is 69.8 Å². The van der Waals surface area contributed by atoms with Crippen LogP contribution in [0.5, 0.6) is 5.75 Å². The highest BCUT2D eigenvalue weighted by Crippen LogP contribution is 2.51. The first kappa shape index (κ1) is 25.6. The highest BCUT2D eigenvalue weighted by Gasteiger charge is 2.44. The van der Waals surface area contributed by atoms with Crippen LogP contribution in [0, 0.1) is 22.7 Å². The van der Waals surface area contributed by atoms with Gasteiger partial charge >= 0.3 is 0 Å². The molecule has 2 nitrogen and oxygen atoms in total. The molecule has 1 atom stereocenters. The van der Waals surface area contributed by atoms with Crippen molar-refractivity contribution >= 4 is 0 Å². The fourth-order valence-electron chi connectivity index (χ4n) is 6.42. The van der Waals surface area contributed by atoms with Gasteiger partial charge in [-0.2, -0.15) is 0 Å². The standard InChI is InChI=1S/C30H50O2/c1-23(2)31-28(32-27-19-17-24(18-20-27)21-29(3,4)5)22-30(6,25-13-9-7-10-14-25)26-15-11-8-12-16-26/h17-20,23,25-26,28H,7-16,21-22H2,1-6H3. The first-order valence-electron chi connectivity index (χ1n) is 13.6. The van der Waals surface area contributed by atoms with Crippen LogP contribution in [0.2, 0.25) is 0 Å². The van der Waals surface area contributed by atoms with Crippen molar-refractivity contribution in [3.63, 3.8) is 0 Å². The monoisotopic (exact) mass is 442 g/mol. The van der Waals surface area contributed by atoms with Gasteiger partial charge in [-0.15, -0.1) is 0 Å². The third-order valence-electron chi connectivity index (χ3n) is 8.03. The summed E-state index contributed by atoms with van der Waals surface area (Å²) in [6.45, 7) is 13.7. The van der Waals surface area contributed by atoms with Crippen LogP contribution < -0.4 is 4.74 Å². The quantitative estimate of drug-likeness (QED) is 0.355. The van der Waals surface area contributed by atoms with Gasteiger partial charge in [0, 0.05) is 6.42 Å². The molecule has 0 radical (unpaired) electrons. The Labute approximate surface area is 198 Å². The smallest absolute Gasteiger partial charge is 0.200 e. The molecular weight excluding hydrogens is 392 g/mol. The SMILES string of the molecule is CC(C)OC(CC(C)(C1CCCCC1)C1CCCCC1)Oc1ccc(CC(C)(C)C)cc1. The summed E-state index contributed by atoms with van der Waals surface area (Å²) in [5.41, 5.74) is 1.99. The molecule has 2 aliphatic carbocycles. The third-order valence-corrected chi connectivity index (χ3v) is 8.03. The Hall–Kier alpha value is -1.02.